The van der Waals surface area contributed by atoms with E-state index in [4.69, 9.17) is 9.47 Å². The third kappa shape index (κ3) is 3.52. The molecule has 0 fully saturated rings. The van der Waals surface area contributed by atoms with E-state index in [1.54, 1.807) is 35.6 Å². The van der Waals surface area contributed by atoms with Crippen molar-refractivity contribution in [1.82, 2.24) is 0 Å². The number of ether oxygens (including phenoxy) is 2. The molecule has 0 saturated carbocycles. The molecule has 1 aliphatic heterocycles. The molecule has 0 spiro atoms. The van der Waals surface area contributed by atoms with Crippen molar-refractivity contribution < 1.29 is 14.3 Å². The monoisotopic (exact) mass is 412 g/mol. The maximum Gasteiger partial charge on any atom is 0.232 e. The van der Waals surface area contributed by atoms with Crippen molar-refractivity contribution in [3.8, 4) is 11.5 Å². The first kappa shape index (κ1) is 16.1. The summed E-state index contributed by atoms with van der Waals surface area (Å²) < 4.78 is 12.6. The molecule has 124 valence electrons. The van der Waals surface area contributed by atoms with E-state index in [9.17, 15) is 4.79 Å². The van der Waals surface area contributed by atoms with Crippen LogP contribution in [0.1, 0.15) is 20.8 Å². The van der Waals surface area contributed by atoms with Crippen LogP contribution in [-0.4, -0.2) is 5.78 Å². The topological polar surface area (TPSA) is 35.5 Å². The number of carbonyl (C=O) groups excluding carboxylic acids is 1. The number of hydrogen-bond donors (Lipinski definition) is 0. The number of halogens is 1. The summed E-state index contributed by atoms with van der Waals surface area (Å²) in [6.07, 6.45) is 1.77. The lowest BCUT2D eigenvalue weighted by Crippen LogP contribution is -1.97. The van der Waals surface area contributed by atoms with Crippen LogP contribution in [0.2, 0.25) is 0 Å². The van der Waals surface area contributed by atoms with Gasteiger partial charge in [0.05, 0.1) is 5.56 Å². The van der Waals surface area contributed by atoms with Gasteiger partial charge in [-0.15, -0.1) is 11.3 Å². The van der Waals surface area contributed by atoms with E-state index >= 15 is 0 Å². The second-order valence-corrected chi connectivity index (χ2v) is 7.42. The SMILES string of the molecule is O=C1C(=Cc2cccs2)Oc2cc(OCc3ccc(Br)cc3)ccc21. The van der Waals surface area contributed by atoms with Crippen molar-refractivity contribution >= 4 is 39.1 Å². The predicted molar refractivity (Wildman–Crippen MR) is 102 cm³/mol. The standard InChI is InChI=1S/C20H13BrO3S/c21-14-5-3-13(4-6-14)12-23-15-7-8-17-18(10-15)24-19(20(17)22)11-16-2-1-9-25-16/h1-11H,12H2. The number of carbonyl (C=O) groups is 1. The van der Waals surface area contributed by atoms with Gasteiger partial charge in [0.1, 0.15) is 18.1 Å². The molecule has 25 heavy (non-hydrogen) atoms. The van der Waals surface area contributed by atoms with Crippen LogP contribution in [0.15, 0.2) is 70.2 Å². The summed E-state index contributed by atoms with van der Waals surface area (Å²) >= 11 is 4.98. The molecule has 1 aliphatic rings. The smallest absolute Gasteiger partial charge is 0.232 e. The van der Waals surface area contributed by atoms with Crippen LogP contribution in [0, 0.1) is 0 Å². The molecule has 0 unspecified atom stereocenters. The van der Waals surface area contributed by atoms with Gasteiger partial charge in [0.2, 0.25) is 5.78 Å². The molecule has 2 aromatic carbocycles. The Labute approximate surface area is 157 Å². The van der Waals surface area contributed by atoms with Crippen LogP contribution in [0.25, 0.3) is 6.08 Å². The summed E-state index contributed by atoms with van der Waals surface area (Å²) in [6.45, 7) is 0.456. The van der Waals surface area contributed by atoms with Crippen LogP contribution in [0.4, 0.5) is 0 Å². The third-order valence-electron chi connectivity index (χ3n) is 3.78. The fourth-order valence-electron chi connectivity index (χ4n) is 2.51. The van der Waals surface area contributed by atoms with Crippen LogP contribution in [-0.2, 0) is 6.61 Å². The number of Topliss-reactive ketones (excluding diaryl/α,β-unsaturated/α-hetero) is 1. The second kappa shape index (κ2) is 6.86. The molecule has 3 aromatic rings. The fraction of sp³-hybridized carbons (Fsp3) is 0.0500. The van der Waals surface area contributed by atoms with Crippen molar-refractivity contribution in [3.05, 3.63) is 86.2 Å². The third-order valence-corrected chi connectivity index (χ3v) is 5.12. The van der Waals surface area contributed by atoms with E-state index in [1.807, 2.05) is 41.8 Å². The zero-order chi connectivity index (χ0) is 17.2. The molecular formula is C20H13BrO3S. The molecule has 2 heterocycles. The van der Waals surface area contributed by atoms with Gasteiger partial charge in [0.15, 0.2) is 5.76 Å². The Morgan fingerprint density at radius 3 is 2.72 bits per heavy atom. The summed E-state index contributed by atoms with van der Waals surface area (Å²) in [6, 6.07) is 17.2. The summed E-state index contributed by atoms with van der Waals surface area (Å²) in [5.41, 5.74) is 1.64. The summed E-state index contributed by atoms with van der Waals surface area (Å²) in [5, 5.41) is 1.97. The molecule has 3 nitrogen and oxygen atoms in total. The van der Waals surface area contributed by atoms with Gasteiger partial charge in [-0.05, 0) is 41.3 Å². The molecule has 0 atom stereocenters. The maximum absolute atomic E-state index is 12.4. The number of hydrogen-bond acceptors (Lipinski definition) is 4. The molecule has 1 aromatic heterocycles. The van der Waals surface area contributed by atoms with Crippen LogP contribution in [0.3, 0.4) is 0 Å². The molecule has 0 saturated heterocycles. The number of ketones is 1. The van der Waals surface area contributed by atoms with E-state index in [0.29, 0.717) is 29.4 Å². The van der Waals surface area contributed by atoms with E-state index in [-0.39, 0.29) is 5.78 Å². The Morgan fingerprint density at radius 2 is 1.96 bits per heavy atom. The largest absolute Gasteiger partial charge is 0.489 e. The Bertz CT molecular complexity index is 944. The maximum atomic E-state index is 12.4. The van der Waals surface area contributed by atoms with Gasteiger partial charge in [0, 0.05) is 21.5 Å². The van der Waals surface area contributed by atoms with Crippen LogP contribution < -0.4 is 9.47 Å². The summed E-state index contributed by atoms with van der Waals surface area (Å²) in [5.74, 6) is 1.47. The molecule has 0 radical (unpaired) electrons. The molecule has 0 bridgehead atoms. The first-order chi connectivity index (χ1) is 12.2. The van der Waals surface area contributed by atoms with E-state index < -0.39 is 0 Å². The number of benzene rings is 2. The second-order valence-electron chi connectivity index (χ2n) is 5.53. The van der Waals surface area contributed by atoms with Crippen molar-refractivity contribution in [2.24, 2.45) is 0 Å². The first-order valence-electron chi connectivity index (χ1n) is 7.68. The normalized spacial score (nSPS) is 14.4. The highest BCUT2D eigenvalue weighted by atomic mass is 79.9. The average molecular weight is 413 g/mol. The quantitative estimate of drug-likeness (QED) is 0.515. The van der Waals surface area contributed by atoms with Crippen molar-refractivity contribution in [2.75, 3.05) is 0 Å². The number of fused-ring (bicyclic) bond motifs is 1. The van der Waals surface area contributed by atoms with E-state index in [2.05, 4.69) is 15.9 Å². The molecule has 0 aliphatic carbocycles. The zero-order valence-electron chi connectivity index (χ0n) is 13.1. The highest BCUT2D eigenvalue weighted by molar-refractivity contribution is 9.10. The van der Waals surface area contributed by atoms with Gasteiger partial charge in [-0.3, -0.25) is 4.79 Å². The Morgan fingerprint density at radius 1 is 1.12 bits per heavy atom. The van der Waals surface area contributed by atoms with Gasteiger partial charge in [-0.2, -0.15) is 0 Å². The van der Waals surface area contributed by atoms with Crippen LogP contribution in [0.5, 0.6) is 11.5 Å². The summed E-state index contributed by atoms with van der Waals surface area (Å²) in [7, 11) is 0. The number of rotatable bonds is 4. The number of allylic oxidation sites excluding steroid dienone is 1. The molecule has 5 heteroatoms. The first-order valence-corrected chi connectivity index (χ1v) is 9.35. The lowest BCUT2D eigenvalue weighted by atomic mass is 10.1. The molecule has 0 amide bonds. The summed E-state index contributed by atoms with van der Waals surface area (Å²) in [4.78, 5) is 13.4. The zero-order valence-corrected chi connectivity index (χ0v) is 15.5. The van der Waals surface area contributed by atoms with Crippen molar-refractivity contribution in [2.45, 2.75) is 6.61 Å². The van der Waals surface area contributed by atoms with Crippen molar-refractivity contribution in [3.63, 3.8) is 0 Å². The van der Waals surface area contributed by atoms with E-state index in [1.165, 1.54) is 0 Å². The highest BCUT2D eigenvalue weighted by Gasteiger charge is 2.27. The average Bonchev–Trinajstić information content (AvgIpc) is 3.23. The minimum absolute atomic E-state index is 0.0946. The lowest BCUT2D eigenvalue weighted by Gasteiger charge is -2.07. The van der Waals surface area contributed by atoms with E-state index in [0.717, 1.165) is 14.9 Å². The van der Waals surface area contributed by atoms with Crippen LogP contribution >= 0.6 is 27.3 Å². The highest BCUT2D eigenvalue weighted by Crippen LogP contribution is 2.35. The molecular weight excluding hydrogens is 400 g/mol. The predicted octanol–water partition coefficient (Wildman–Crippen LogP) is 5.71. The molecule has 0 N–H and O–H groups in total. The van der Waals surface area contributed by atoms with Gasteiger partial charge in [-0.25, -0.2) is 0 Å². The fourth-order valence-corrected chi connectivity index (χ4v) is 3.42. The van der Waals surface area contributed by atoms with Gasteiger partial charge in [0.25, 0.3) is 0 Å². The Kier molecular flexibility index (Phi) is 4.42. The molecule has 4 rings (SSSR count). The minimum atomic E-state index is -0.0946. The minimum Gasteiger partial charge on any atom is -0.489 e. The van der Waals surface area contributed by atoms with Gasteiger partial charge < -0.3 is 9.47 Å². The Balaban J connectivity index is 1.50. The number of thiophene rings is 1. The lowest BCUT2D eigenvalue weighted by molar-refractivity contribution is 0.101. The Hall–Kier alpha value is -2.37. The van der Waals surface area contributed by atoms with Crippen molar-refractivity contribution in [1.29, 1.82) is 0 Å². The van der Waals surface area contributed by atoms with Gasteiger partial charge >= 0.3 is 0 Å². The van der Waals surface area contributed by atoms with Gasteiger partial charge in [-0.1, -0.05) is 34.1 Å².